The molecular formula is C12H18ClNO. The van der Waals surface area contributed by atoms with Crippen LogP contribution in [-0.2, 0) is 0 Å². The van der Waals surface area contributed by atoms with Gasteiger partial charge in [-0.2, -0.15) is 0 Å². The largest absolute Gasteiger partial charge is 0.506 e. The standard InChI is InChI=1S/C12H18ClNO/c1-8(2)6-9(3)14-10-4-5-12(15)11(13)7-10/h4-5,7-9,14-15H,6H2,1-3H3. The van der Waals surface area contributed by atoms with Gasteiger partial charge < -0.3 is 10.4 Å². The minimum absolute atomic E-state index is 0.124. The van der Waals surface area contributed by atoms with E-state index in [-0.39, 0.29) is 5.75 Å². The number of anilines is 1. The van der Waals surface area contributed by atoms with E-state index in [0.29, 0.717) is 17.0 Å². The molecule has 1 aromatic rings. The van der Waals surface area contributed by atoms with Crippen molar-refractivity contribution in [3.63, 3.8) is 0 Å². The number of halogens is 1. The van der Waals surface area contributed by atoms with Crippen molar-refractivity contribution in [2.75, 3.05) is 5.32 Å². The molecule has 0 bridgehead atoms. The molecule has 84 valence electrons. The lowest BCUT2D eigenvalue weighted by atomic mass is 10.1. The van der Waals surface area contributed by atoms with E-state index in [0.717, 1.165) is 12.1 Å². The highest BCUT2D eigenvalue weighted by Gasteiger charge is 2.06. The lowest BCUT2D eigenvalue weighted by Gasteiger charge is -2.17. The van der Waals surface area contributed by atoms with E-state index in [9.17, 15) is 5.11 Å². The van der Waals surface area contributed by atoms with Gasteiger partial charge in [0, 0.05) is 11.7 Å². The number of rotatable bonds is 4. The second-order valence-corrected chi connectivity index (χ2v) is 4.75. The van der Waals surface area contributed by atoms with Crippen LogP contribution in [0.5, 0.6) is 5.75 Å². The summed E-state index contributed by atoms with van der Waals surface area (Å²) in [6, 6.07) is 5.59. The first-order chi connectivity index (χ1) is 6.99. The fourth-order valence-corrected chi connectivity index (χ4v) is 1.83. The molecule has 1 atom stereocenters. The molecule has 0 saturated heterocycles. The van der Waals surface area contributed by atoms with Gasteiger partial charge in [-0.05, 0) is 37.5 Å². The molecule has 1 rings (SSSR count). The van der Waals surface area contributed by atoms with E-state index in [1.54, 1.807) is 12.1 Å². The second kappa shape index (κ2) is 5.26. The van der Waals surface area contributed by atoms with Crippen LogP contribution in [0, 0.1) is 5.92 Å². The number of hydrogen-bond donors (Lipinski definition) is 2. The molecule has 15 heavy (non-hydrogen) atoms. The summed E-state index contributed by atoms with van der Waals surface area (Å²) in [5.41, 5.74) is 0.950. The van der Waals surface area contributed by atoms with E-state index in [2.05, 4.69) is 26.1 Å². The van der Waals surface area contributed by atoms with Crippen molar-refractivity contribution in [3.05, 3.63) is 23.2 Å². The van der Waals surface area contributed by atoms with Crippen LogP contribution in [0.1, 0.15) is 27.2 Å². The highest BCUT2D eigenvalue weighted by molar-refractivity contribution is 6.32. The molecular weight excluding hydrogens is 210 g/mol. The Morgan fingerprint density at radius 2 is 2.00 bits per heavy atom. The summed E-state index contributed by atoms with van der Waals surface area (Å²) < 4.78 is 0. The van der Waals surface area contributed by atoms with Gasteiger partial charge in [-0.3, -0.25) is 0 Å². The van der Waals surface area contributed by atoms with Crippen LogP contribution in [0.15, 0.2) is 18.2 Å². The van der Waals surface area contributed by atoms with E-state index < -0.39 is 0 Å². The minimum atomic E-state index is 0.124. The Balaban J connectivity index is 2.60. The van der Waals surface area contributed by atoms with Gasteiger partial charge in [0.1, 0.15) is 5.75 Å². The molecule has 2 nitrogen and oxygen atoms in total. The van der Waals surface area contributed by atoms with Crippen LogP contribution in [0.4, 0.5) is 5.69 Å². The van der Waals surface area contributed by atoms with E-state index in [1.165, 1.54) is 0 Å². The van der Waals surface area contributed by atoms with Gasteiger partial charge in [-0.1, -0.05) is 25.4 Å². The van der Waals surface area contributed by atoms with Crippen LogP contribution in [0.25, 0.3) is 0 Å². The summed E-state index contributed by atoms with van der Waals surface area (Å²) >= 11 is 5.81. The molecule has 1 aromatic carbocycles. The second-order valence-electron chi connectivity index (χ2n) is 4.34. The summed E-state index contributed by atoms with van der Waals surface area (Å²) in [5, 5.41) is 13.0. The fourth-order valence-electron chi connectivity index (χ4n) is 1.65. The Morgan fingerprint density at radius 1 is 1.33 bits per heavy atom. The maximum Gasteiger partial charge on any atom is 0.134 e. The van der Waals surface area contributed by atoms with E-state index in [4.69, 9.17) is 11.6 Å². The summed E-state index contributed by atoms with van der Waals surface area (Å²) in [6.07, 6.45) is 1.11. The maximum atomic E-state index is 9.26. The predicted octanol–water partition coefficient (Wildman–Crippen LogP) is 3.89. The Hall–Kier alpha value is -0.890. The van der Waals surface area contributed by atoms with Gasteiger partial charge in [0.25, 0.3) is 0 Å². The molecule has 0 spiro atoms. The fraction of sp³-hybridized carbons (Fsp3) is 0.500. The van der Waals surface area contributed by atoms with Crippen LogP contribution < -0.4 is 5.32 Å². The summed E-state index contributed by atoms with van der Waals surface area (Å²) in [6.45, 7) is 6.53. The minimum Gasteiger partial charge on any atom is -0.506 e. The number of benzene rings is 1. The Morgan fingerprint density at radius 3 is 2.53 bits per heavy atom. The van der Waals surface area contributed by atoms with Crippen molar-refractivity contribution >= 4 is 17.3 Å². The average Bonchev–Trinajstić information content (AvgIpc) is 2.10. The van der Waals surface area contributed by atoms with Gasteiger partial charge >= 0.3 is 0 Å². The highest BCUT2D eigenvalue weighted by Crippen LogP contribution is 2.26. The lowest BCUT2D eigenvalue weighted by molar-refractivity contribution is 0.475. The third-order valence-corrected chi connectivity index (χ3v) is 2.49. The zero-order valence-electron chi connectivity index (χ0n) is 9.42. The molecule has 1 unspecified atom stereocenters. The zero-order chi connectivity index (χ0) is 11.4. The molecule has 3 heteroatoms. The zero-order valence-corrected chi connectivity index (χ0v) is 10.2. The van der Waals surface area contributed by atoms with Crippen LogP contribution in [0.3, 0.4) is 0 Å². The van der Waals surface area contributed by atoms with E-state index >= 15 is 0 Å². The molecule has 0 aromatic heterocycles. The molecule has 0 aliphatic rings. The van der Waals surface area contributed by atoms with E-state index in [1.807, 2.05) is 6.07 Å². The topological polar surface area (TPSA) is 32.3 Å². The van der Waals surface area contributed by atoms with Crippen molar-refractivity contribution in [2.45, 2.75) is 33.2 Å². The summed E-state index contributed by atoms with van der Waals surface area (Å²) in [7, 11) is 0. The normalized spacial score (nSPS) is 12.9. The predicted molar refractivity (Wildman–Crippen MR) is 65.7 cm³/mol. The molecule has 0 fully saturated rings. The lowest BCUT2D eigenvalue weighted by Crippen LogP contribution is -2.17. The molecule has 0 amide bonds. The smallest absolute Gasteiger partial charge is 0.134 e. The summed E-state index contributed by atoms with van der Waals surface area (Å²) in [5.74, 6) is 0.791. The number of hydrogen-bond acceptors (Lipinski definition) is 2. The Bertz CT molecular complexity index is 325. The number of phenols is 1. The first kappa shape index (κ1) is 12.2. The third-order valence-electron chi connectivity index (χ3n) is 2.19. The van der Waals surface area contributed by atoms with Crippen molar-refractivity contribution < 1.29 is 5.11 Å². The SMILES string of the molecule is CC(C)CC(C)Nc1ccc(O)c(Cl)c1. The van der Waals surface area contributed by atoms with Crippen molar-refractivity contribution in [1.82, 2.24) is 0 Å². The van der Waals surface area contributed by atoms with Crippen LogP contribution >= 0.6 is 11.6 Å². The Kier molecular flexibility index (Phi) is 4.28. The van der Waals surface area contributed by atoms with Gasteiger partial charge in [-0.15, -0.1) is 0 Å². The van der Waals surface area contributed by atoms with Crippen molar-refractivity contribution in [1.29, 1.82) is 0 Å². The van der Waals surface area contributed by atoms with Gasteiger partial charge in [0.2, 0.25) is 0 Å². The number of phenolic OH excluding ortho intramolecular Hbond substituents is 1. The first-order valence-electron chi connectivity index (χ1n) is 5.24. The molecule has 0 saturated carbocycles. The molecule has 0 aliphatic heterocycles. The average molecular weight is 228 g/mol. The highest BCUT2D eigenvalue weighted by atomic mass is 35.5. The summed E-state index contributed by atoms with van der Waals surface area (Å²) in [4.78, 5) is 0. The molecule has 0 heterocycles. The monoisotopic (exact) mass is 227 g/mol. The number of aromatic hydroxyl groups is 1. The number of nitrogens with one attached hydrogen (secondary N) is 1. The van der Waals surface area contributed by atoms with Crippen molar-refractivity contribution in [2.24, 2.45) is 5.92 Å². The van der Waals surface area contributed by atoms with Gasteiger partial charge in [0.15, 0.2) is 0 Å². The first-order valence-corrected chi connectivity index (χ1v) is 5.62. The van der Waals surface area contributed by atoms with Gasteiger partial charge in [0.05, 0.1) is 5.02 Å². The van der Waals surface area contributed by atoms with Crippen LogP contribution in [-0.4, -0.2) is 11.1 Å². The molecule has 0 aliphatic carbocycles. The van der Waals surface area contributed by atoms with Crippen LogP contribution in [0.2, 0.25) is 5.02 Å². The molecule has 2 N–H and O–H groups in total. The quantitative estimate of drug-likeness (QED) is 0.765. The van der Waals surface area contributed by atoms with Crippen molar-refractivity contribution in [3.8, 4) is 5.75 Å². The maximum absolute atomic E-state index is 9.26. The third kappa shape index (κ3) is 4.00. The van der Waals surface area contributed by atoms with Gasteiger partial charge in [-0.25, -0.2) is 0 Å². The molecule has 0 radical (unpaired) electrons. The Labute approximate surface area is 96.3 Å².